The van der Waals surface area contributed by atoms with Gasteiger partial charge in [0.1, 0.15) is 0 Å². The van der Waals surface area contributed by atoms with Gasteiger partial charge in [-0.2, -0.15) is 0 Å². The molecule has 0 atom stereocenters. The Morgan fingerprint density at radius 1 is 0.583 bits per heavy atom. The Balaban J connectivity index is 2.17. The van der Waals surface area contributed by atoms with Crippen LogP contribution in [0.15, 0.2) is 58.3 Å². The Morgan fingerprint density at radius 2 is 0.917 bits per heavy atom. The van der Waals surface area contributed by atoms with Crippen LogP contribution in [0.1, 0.15) is 39.5 Å². The van der Waals surface area contributed by atoms with Gasteiger partial charge in [-0.15, -0.1) is 23.5 Å². The predicted molar refractivity (Wildman–Crippen MR) is 113 cm³/mol. The van der Waals surface area contributed by atoms with Gasteiger partial charge in [0.25, 0.3) is 0 Å². The van der Waals surface area contributed by atoms with Crippen LogP contribution in [0, 0.1) is 0 Å². The molecule has 0 unspecified atom stereocenters. The fraction of sp³-hybridized carbons (Fsp3) is 0.364. The standard InChI is InChI=1S/C22H26S2/c1-3-5-15-23-21-17-11-7-9-13-19(17)22(24-16-6-4-2)20-14-10-8-12-18(20)21/h7-14H,3-6,15-16H2,1-2H3. The van der Waals surface area contributed by atoms with Gasteiger partial charge in [-0.05, 0) is 45.9 Å². The minimum atomic E-state index is 1.20. The molecule has 3 rings (SSSR count). The van der Waals surface area contributed by atoms with E-state index >= 15 is 0 Å². The maximum atomic E-state index is 2.31. The second-order valence-electron chi connectivity index (χ2n) is 6.15. The number of benzene rings is 3. The molecule has 0 amide bonds. The number of hydrogen-bond donors (Lipinski definition) is 0. The summed E-state index contributed by atoms with van der Waals surface area (Å²) in [6, 6.07) is 18.0. The number of thioether (sulfide) groups is 2. The van der Waals surface area contributed by atoms with Gasteiger partial charge in [0.15, 0.2) is 0 Å². The molecule has 2 heteroatoms. The van der Waals surface area contributed by atoms with E-state index in [0.29, 0.717) is 0 Å². The van der Waals surface area contributed by atoms with Crippen molar-refractivity contribution in [3.05, 3.63) is 48.5 Å². The molecular weight excluding hydrogens is 328 g/mol. The molecule has 0 aromatic heterocycles. The number of fused-ring (bicyclic) bond motifs is 2. The fourth-order valence-corrected chi connectivity index (χ4v) is 5.60. The Morgan fingerprint density at radius 3 is 1.21 bits per heavy atom. The van der Waals surface area contributed by atoms with Crippen molar-refractivity contribution in [2.45, 2.75) is 49.3 Å². The van der Waals surface area contributed by atoms with Gasteiger partial charge in [-0.1, -0.05) is 75.2 Å². The van der Waals surface area contributed by atoms with Crippen LogP contribution in [0.25, 0.3) is 21.5 Å². The van der Waals surface area contributed by atoms with Crippen LogP contribution >= 0.6 is 23.5 Å². The number of hydrogen-bond acceptors (Lipinski definition) is 2. The van der Waals surface area contributed by atoms with E-state index < -0.39 is 0 Å². The van der Waals surface area contributed by atoms with Crippen LogP contribution in [-0.4, -0.2) is 11.5 Å². The molecule has 0 aliphatic carbocycles. The van der Waals surface area contributed by atoms with E-state index in [2.05, 4.69) is 62.4 Å². The molecule has 0 fully saturated rings. The second kappa shape index (κ2) is 8.82. The fourth-order valence-electron chi connectivity index (χ4n) is 3.00. The van der Waals surface area contributed by atoms with E-state index in [1.54, 1.807) is 0 Å². The van der Waals surface area contributed by atoms with E-state index in [0.717, 1.165) is 0 Å². The highest BCUT2D eigenvalue weighted by Crippen LogP contribution is 2.43. The predicted octanol–water partition coefficient (Wildman–Crippen LogP) is 7.78. The van der Waals surface area contributed by atoms with Gasteiger partial charge in [0.2, 0.25) is 0 Å². The number of unbranched alkanes of at least 4 members (excludes halogenated alkanes) is 2. The summed E-state index contributed by atoms with van der Waals surface area (Å²) in [5, 5.41) is 5.71. The van der Waals surface area contributed by atoms with E-state index in [1.165, 1.54) is 68.5 Å². The summed E-state index contributed by atoms with van der Waals surface area (Å²) in [4.78, 5) is 2.93. The lowest BCUT2D eigenvalue weighted by molar-refractivity contribution is 0.896. The van der Waals surface area contributed by atoms with E-state index in [1.807, 2.05) is 23.5 Å². The summed E-state index contributed by atoms with van der Waals surface area (Å²) in [6.45, 7) is 4.54. The second-order valence-corrected chi connectivity index (χ2v) is 8.36. The largest absolute Gasteiger partial charge is 0.125 e. The summed E-state index contributed by atoms with van der Waals surface area (Å²) >= 11 is 4.06. The van der Waals surface area contributed by atoms with Gasteiger partial charge in [0, 0.05) is 9.79 Å². The van der Waals surface area contributed by atoms with Crippen molar-refractivity contribution in [1.29, 1.82) is 0 Å². The lowest BCUT2D eigenvalue weighted by Gasteiger charge is -2.16. The zero-order valence-electron chi connectivity index (χ0n) is 14.7. The van der Waals surface area contributed by atoms with Crippen LogP contribution in [-0.2, 0) is 0 Å². The molecule has 0 nitrogen and oxygen atoms in total. The first-order valence-electron chi connectivity index (χ1n) is 9.05. The van der Waals surface area contributed by atoms with Crippen molar-refractivity contribution in [2.75, 3.05) is 11.5 Å². The molecule has 0 aliphatic rings. The summed E-state index contributed by atoms with van der Waals surface area (Å²) in [7, 11) is 0. The molecule has 0 aliphatic heterocycles. The molecule has 0 spiro atoms. The molecule has 3 aromatic rings. The van der Waals surface area contributed by atoms with Crippen LogP contribution in [0.4, 0.5) is 0 Å². The molecule has 0 saturated carbocycles. The molecule has 0 radical (unpaired) electrons. The van der Waals surface area contributed by atoms with Crippen LogP contribution in [0.5, 0.6) is 0 Å². The minimum Gasteiger partial charge on any atom is -0.125 e. The summed E-state index contributed by atoms with van der Waals surface area (Å²) in [5.41, 5.74) is 0. The average Bonchev–Trinajstić information content (AvgIpc) is 2.63. The zero-order chi connectivity index (χ0) is 16.8. The van der Waals surface area contributed by atoms with Crippen molar-refractivity contribution >= 4 is 45.1 Å². The van der Waals surface area contributed by atoms with E-state index in [-0.39, 0.29) is 0 Å². The molecule has 24 heavy (non-hydrogen) atoms. The van der Waals surface area contributed by atoms with Crippen molar-refractivity contribution in [3.8, 4) is 0 Å². The van der Waals surface area contributed by atoms with Crippen molar-refractivity contribution in [2.24, 2.45) is 0 Å². The van der Waals surface area contributed by atoms with Gasteiger partial charge < -0.3 is 0 Å². The Kier molecular flexibility index (Phi) is 6.51. The third-order valence-electron chi connectivity index (χ3n) is 4.32. The van der Waals surface area contributed by atoms with Gasteiger partial charge in [-0.25, -0.2) is 0 Å². The smallest absolute Gasteiger partial charge is 0.0230 e. The molecular formula is C22H26S2. The van der Waals surface area contributed by atoms with Crippen LogP contribution < -0.4 is 0 Å². The zero-order valence-corrected chi connectivity index (χ0v) is 16.3. The quantitative estimate of drug-likeness (QED) is 0.230. The van der Waals surface area contributed by atoms with Crippen molar-refractivity contribution < 1.29 is 0 Å². The first-order valence-corrected chi connectivity index (χ1v) is 11.0. The highest BCUT2D eigenvalue weighted by molar-refractivity contribution is 8.00. The maximum Gasteiger partial charge on any atom is 0.0230 e. The van der Waals surface area contributed by atoms with Crippen LogP contribution in [0.2, 0.25) is 0 Å². The molecule has 0 bridgehead atoms. The van der Waals surface area contributed by atoms with Gasteiger partial charge in [0.05, 0.1) is 0 Å². The Bertz CT molecular complexity index is 683. The van der Waals surface area contributed by atoms with Gasteiger partial charge >= 0.3 is 0 Å². The minimum absolute atomic E-state index is 1.20. The van der Waals surface area contributed by atoms with Gasteiger partial charge in [-0.3, -0.25) is 0 Å². The third kappa shape index (κ3) is 3.75. The maximum absolute atomic E-state index is 2.31. The normalized spacial score (nSPS) is 11.4. The molecule has 0 saturated heterocycles. The third-order valence-corrected chi connectivity index (χ3v) is 6.76. The highest BCUT2D eigenvalue weighted by Gasteiger charge is 2.13. The number of rotatable bonds is 8. The SMILES string of the molecule is CCCCSc1c2ccccc2c(SCCCC)c2ccccc12. The van der Waals surface area contributed by atoms with E-state index in [9.17, 15) is 0 Å². The van der Waals surface area contributed by atoms with Crippen molar-refractivity contribution in [1.82, 2.24) is 0 Å². The highest BCUT2D eigenvalue weighted by atomic mass is 32.2. The Hall–Kier alpha value is -1.12. The molecule has 3 aromatic carbocycles. The van der Waals surface area contributed by atoms with E-state index in [4.69, 9.17) is 0 Å². The summed E-state index contributed by atoms with van der Waals surface area (Å²) < 4.78 is 0. The molecule has 0 N–H and O–H groups in total. The first-order chi connectivity index (χ1) is 11.9. The summed E-state index contributed by atoms with van der Waals surface area (Å²) in [5.74, 6) is 2.40. The lowest BCUT2D eigenvalue weighted by Crippen LogP contribution is -1.89. The Labute approximate surface area is 154 Å². The monoisotopic (exact) mass is 354 g/mol. The molecule has 126 valence electrons. The first kappa shape index (κ1) is 17.7. The molecule has 0 heterocycles. The summed E-state index contributed by atoms with van der Waals surface area (Å²) in [6.07, 6.45) is 5.07. The lowest BCUT2D eigenvalue weighted by atomic mass is 10.0. The topological polar surface area (TPSA) is 0 Å². The average molecular weight is 355 g/mol. The van der Waals surface area contributed by atoms with Crippen molar-refractivity contribution in [3.63, 3.8) is 0 Å². The van der Waals surface area contributed by atoms with Crippen LogP contribution in [0.3, 0.4) is 0 Å².